The van der Waals surface area contributed by atoms with Crippen molar-refractivity contribution in [1.29, 1.82) is 0 Å². The summed E-state index contributed by atoms with van der Waals surface area (Å²) in [6.07, 6.45) is -2.35. The third-order valence-electron chi connectivity index (χ3n) is 1.95. The molecule has 0 atom stereocenters. The number of aromatic nitrogens is 1. The van der Waals surface area contributed by atoms with Gasteiger partial charge in [-0.05, 0) is 28.4 Å². The van der Waals surface area contributed by atoms with Crippen molar-refractivity contribution >= 4 is 22.7 Å². The molecule has 0 saturated carbocycles. The Hall–Kier alpha value is -1.63. The number of nitrogens with zero attached hydrogens (tertiary/aromatic N) is 2. The minimum Gasteiger partial charge on any atom is -0.358 e. The van der Waals surface area contributed by atoms with Crippen molar-refractivity contribution in [2.24, 2.45) is 0 Å². The van der Waals surface area contributed by atoms with Crippen LogP contribution in [0.15, 0.2) is 6.20 Å². The highest BCUT2D eigenvalue weighted by Crippen LogP contribution is 2.31. The molecule has 5 nitrogen and oxygen atoms in total. The number of halogens is 3. The van der Waals surface area contributed by atoms with Gasteiger partial charge in [-0.1, -0.05) is 0 Å². The molecule has 0 saturated heterocycles. The zero-order valence-corrected chi connectivity index (χ0v) is 8.66. The molecule has 1 rings (SSSR count). The number of rotatable bonds is 3. The summed E-state index contributed by atoms with van der Waals surface area (Å²) >= 11 is 5.07. The van der Waals surface area contributed by atoms with E-state index in [0.29, 0.717) is 6.20 Å². The van der Waals surface area contributed by atoms with Crippen LogP contribution in [-0.2, 0) is 0 Å². The highest BCUT2D eigenvalue weighted by Gasteiger charge is 2.27. The monoisotopic (exact) mass is 250 g/mol. The molecule has 0 fully saturated rings. The summed E-state index contributed by atoms with van der Waals surface area (Å²) in [6, 6.07) is 0. The molecule has 86 valence electrons. The van der Waals surface area contributed by atoms with E-state index in [4.69, 9.17) is 11.6 Å². The summed E-state index contributed by atoms with van der Waals surface area (Å²) in [5.74, 6) is -0.711. The molecule has 1 aromatic rings. The van der Waals surface area contributed by atoms with Crippen LogP contribution in [-0.4, -0.2) is 15.1 Å². The SMILES string of the molecule is Cc1c([N+](=O)[O-])ncc(C(=O)Cl)c1C(F)F. The van der Waals surface area contributed by atoms with Gasteiger partial charge in [0.1, 0.15) is 0 Å². The lowest BCUT2D eigenvalue weighted by Gasteiger charge is -2.07. The third-order valence-corrected chi connectivity index (χ3v) is 2.15. The van der Waals surface area contributed by atoms with Crippen LogP contribution in [0, 0.1) is 17.0 Å². The molecule has 0 bridgehead atoms. The van der Waals surface area contributed by atoms with Crippen molar-refractivity contribution in [1.82, 2.24) is 4.98 Å². The predicted molar refractivity (Wildman–Crippen MR) is 50.8 cm³/mol. The Bertz CT molecular complexity index is 465. The molecule has 0 aliphatic heterocycles. The van der Waals surface area contributed by atoms with Crippen LogP contribution in [0.5, 0.6) is 0 Å². The lowest BCUT2D eigenvalue weighted by molar-refractivity contribution is -0.390. The van der Waals surface area contributed by atoms with Crippen LogP contribution in [0.3, 0.4) is 0 Å². The summed E-state index contributed by atoms with van der Waals surface area (Å²) < 4.78 is 25.3. The molecule has 16 heavy (non-hydrogen) atoms. The number of hydrogen-bond donors (Lipinski definition) is 0. The van der Waals surface area contributed by atoms with E-state index in [1.807, 2.05) is 0 Å². The van der Waals surface area contributed by atoms with Gasteiger partial charge in [0.15, 0.2) is 6.20 Å². The van der Waals surface area contributed by atoms with Crippen LogP contribution < -0.4 is 0 Å². The van der Waals surface area contributed by atoms with Crippen LogP contribution >= 0.6 is 11.6 Å². The van der Waals surface area contributed by atoms with Crippen LogP contribution in [0.4, 0.5) is 14.6 Å². The maximum atomic E-state index is 12.6. The second-order valence-corrected chi connectivity index (χ2v) is 3.21. The van der Waals surface area contributed by atoms with Gasteiger partial charge >= 0.3 is 5.82 Å². The molecular formula is C8H5ClF2N2O3. The van der Waals surface area contributed by atoms with Crippen molar-refractivity contribution in [2.45, 2.75) is 13.3 Å². The van der Waals surface area contributed by atoms with Crippen molar-refractivity contribution < 1.29 is 18.5 Å². The molecule has 0 N–H and O–H groups in total. The smallest absolute Gasteiger partial charge is 0.358 e. The number of alkyl halides is 2. The first kappa shape index (κ1) is 12.4. The molecular weight excluding hydrogens is 246 g/mol. The molecule has 8 heteroatoms. The van der Waals surface area contributed by atoms with Gasteiger partial charge in [0, 0.05) is 5.56 Å². The summed E-state index contributed by atoms with van der Waals surface area (Å²) in [6.45, 7) is 1.09. The number of hydrogen-bond acceptors (Lipinski definition) is 4. The van der Waals surface area contributed by atoms with Crippen LogP contribution in [0.1, 0.15) is 27.9 Å². The highest BCUT2D eigenvalue weighted by molar-refractivity contribution is 6.67. The molecule has 1 aromatic heterocycles. The fraction of sp³-hybridized carbons (Fsp3) is 0.250. The van der Waals surface area contributed by atoms with E-state index in [1.165, 1.54) is 0 Å². The Morgan fingerprint density at radius 1 is 1.62 bits per heavy atom. The summed E-state index contributed by atoms with van der Waals surface area (Å²) in [7, 11) is 0. The standard InChI is InChI=1S/C8H5ClF2N2O3/c1-3-5(7(10)11)4(6(9)14)2-12-8(3)13(15)16/h2,7H,1H3. The Balaban J connectivity index is 3.54. The topological polar surface area (TPSA) is 73.1 Å². The number of nitro groups is 1. The van der Waals surface area contributed by atoms with Gasteiger partial charge in [0.05, 0.1) is 11.1 Å². The lowest BCUT2D eigenvalue weighted by atomic mass is 10.1. The lowest BCUT2D eigenvalue weighted by Crippen LogP contribution is -2.06. The highest BCUT2D eigenvalue weighted by atomic mass is 35.5. The largest absolute Gasteiger partial charge is 0.366 e. The summed E-state index contributed by atoms with van der Waals surface area (Å²) in [5.41, 5.74) is -1.62. The fourth-order valence-electron chi connectivity index (χ4n) is 1.24. The molecule has 0 aliphatic rings. The average Bonchev–Trinajstić information content (AvgIpc) is 2.15. The van der Waals surface area contributed by atoms with Crippen molar-refractivity contribution in [3.05, 3.63) is 33.0 Å². The maximum Gasteiger partial charge on any atom is 0.366 e. The minimum absolute atomic E-state index is 0.355. The third kappa shape index (κ3) is 2.13. The van der Waals surface area contributed by atoms with Crippen molar-refractivity contribution in [3.63, 3.8) is 0 Å². The Morgan fingerprint density at radius 2 is 2.19 bits per heavy atom. The van der Waals surface area contributed by atoms with E-state index in [0.717, 1.165) is 6.92 Å². The van der Waals surface area contributed by atoms with E-state index in [9.17, 15) is 23.7 Å². The van der Waals surface area contributed by atoms with Crippen LogP contribution in [0.2, 0.25) is 0 Å². The molecule has 0 aromatic carbocycles. The molecule has 1 heterocycles. The number of carbonyl (C=O) groups excluding carboxylic acids is 1. The molecule has 0 spiro atoms. The zero-order chi connectivity index (χ0) is 12.5. The first-order valence-electron chi connectivity index (χ1n) is 3.98. The maximum absolute atomic E-state index is 12.6. The second kappa shape index (κ2) is 4.48. The predicted octanol–water partition coefficient (Wildman–Crippen LogP) is 2.61. The van der Waals surface area contributed by atoms with Gasteiger partial charge in [-0.3, -0.25) is 4.79 Å². The number of pyridine rings is 1. The molecule has 0 unspecified atom stereocenters. The van der Waals surface area contributed by atoms with Gasteiger partial charge < -0.3 is 10.1 Å². The Kier molecular flexibility index (Phi) is 3.48. The van der Waals surface area contributed by atoms with E-state index in [-0.39, 0.29) is 5.56 Å². The number of carbonyl (C=O) groups is 1. The fourth-order valence-corrected chi connectivity index (χ4v) is 1.39. The van der Waals surface area contributed by atoms with E-state index in [1.54, 1.807) is 0 Å². The van der Waals surface area contributed by atoms with Crippen LogP contribution in [0.25, 0.3) is 0 Å². The van der Waals surface area contributed by atoms with Gasteiger partial charge in [0.25, 0.3) is 11.7 Å². The van der Waals surface area contributed by atoms with Crippen molar-refractivity contribution in [3.8, 4) is 0 Å². The van der Waals surface area contributed by atoms with E-state index >= 15 is 0 Å². The molecule has 0 amide bonds. The quantitative estimate of drug-likeness (QED) is 0.469. The molecule has 0 radical (unpaired) electrons. The van der Waals surface area contributed by atoms with Gasteiger partial charge in [-0.15, -0.1) is 0 Å². The minimum atomic E-state index is -3.03. The molecule has 0 aliphatic carbocycles. The normalized spacial score (nSPS) is 10.6. The van der Waals surface area contributed by atoms with Gasteiger partial charge in [-0.25, -0.2) is 8.78 Å². The Morgan fingerprint density at radius 3 is 2.56 bits per heavy atom. The summed E-state index contributed by atoms with van der Waals surface area (Å²) in [4.78, 5) is 23.7. The van der Waals surface area contributed by atoms with Crippen molar-refractivity contribution in [2.75, 3.05) is 0 Å². The Labute approximate surface area is 93.2 Å². The first-order valence-corrected chi connectivity index (χ1v) is 4.36. The van der Waals surface area contributed by atoms with Gasteiger partial charge in [-0.2, -0.15) is 0 Å². The van der Waals surface area contributed by atoms with E-state index < -0.39 is 33.5 Å². The first-order chi connectivity index (χ1) is 7.36. The van der Waals surface area contributed by atoms with Gasteiger partial charge in [0.2, 0.25) is 0 Å². The summed E-state index contributed by atoms with van der Waals surface area (Å²) in [5, 5.41) is 9.33. The second-order valence-electron chi connectivity index (χ2n) is 2.87. The zero-order valence-electron chi connectivity index (χ0n) is 7.91. The van der Waals surface area contributed by atoms with E-state index in [2.05, 4.69) is 4.98 Å². The average molecular weight is 251 g/mol.